The fourth-order valence-corrected chi connectivity index (χ4v) is 4.46. The van der Waals surface area contributed by atoms with Gasteiger partial charge in [-0.1, -0.05) is 0 Å². The predicted molar refractivity (Wildman–Crippen MR) is 130 cm³/mol. The van der Waals surface area contributed by atoms with Gasteiger partial charge in [-0.3, -0.25) is 0 Å². The Bertz CT molecular complexity index is 1310. The number of benzene rings is 1. The minimum atomic E-state index is -0.324. The first-order valence-electron chi connectivity index (χ1n) is 11.8. The van der Waals surface area contributed by atoms with Crippen molar-refractivity contribution in [2.24, 2.45) is 0 Å². The van der Waals surface area contributed by atoms with Crippen LogP contribution in [0.1, 0.15) is 36.6 Å². The zero-order chi connectivity index (χ0) is 23.7. The van der Waals surface area contributed by atoms with Crippen molar-refractivity contribution in [1.29, 1.82) is 0 Å². The van der Waals surface area contributed by atoms with Crippen molar-refractivity contribution in [2.75, 3.05) is 40.3 Å². The normalized spacial score (nSPS) is 15.0. The van der Waals surface area contributed by atoms with Gasteiger partial charge in [0.1, 0.15) is 5.82 Å². The number of hydrogen-bond donors (Lipinski definition) is 1. The van der Waals surface area contributed by atoms with Gasteiger partial charge in [-0.15, -0.1) is 0 Å². The first-order chi connectivity index (χ1) is 16.5. The van der Waals surface area contributed by atoms with Crippen LogP contribution >= 0.6 is 0 Å². The van der Waals surface area contributed by atoms with Gasteiger partial charge in [-0.2, -0.15) is 15.3 Å². The van der Waals surface area contributed by atoms with Gasteiger partial charge >= 0.3 is 0 Å². The molecule has 5 rings (SSSR count). The summed E-state index contributed by atoms with van der Waals surface area (Å²) in [6, 6.07) is 7.04. The molecular weight excluding hydrogens is 433 g/mol. The number of fused-ring (bicyclic) bond motifs is 2. The molecule has 0 radical (unpaired) electrons. The molecule has 9 heteroatoms. The molecule has 0 saturated carbocycles. The van der Waals surface area contributed by atoms with Crippen LogP contribution in [0.5, 0.6) is 5.75 Å². The molecule has 1 fully saturated rings. The van der Waals surface area contributed by atoms with Gasteiger partial charge in [-0.05, 0) is 71.6 Å². The maximum atomic E-state index is 15.3. The van der Waals surface area contributed by atoms with Crippen LogP contribution in [0.4, 0.5) is 4.39 Å². The Morgan fingerprint density at radius 3 is 2.76 bits per heavy atom. The second-order valence-corrected chi connectivity index (χ2v) is 9.23. The number of nitrogens with one attached hydrogen (secondary N) is 1. The maximum absolute atomic E-state index is 15.3. The third kappa shape index (κ3) is 4.71. The summed E-state index contributed by atoms with van der Waals surface area (Å²) >= 11 is 0. The largest absolute Gasteiger partial charge is 0.489 e. The lowest BCUT2D eigenvalue weighted by atomic mass is 9.93. The molecule has 0 spiro atoms. The van der Waals surface area contributed by atoms with Gasteiger partial charge < -0.3 is 15.0 Å². The van der Waals surface area contributed by atoms with E-state index in [1.807, 2.05) is 45.4 Å². The Kier molecular flexibility index (Phi) is 6.38. The summed E-state index contributed by atoms with van der Waals surface area (Å²) in [5.41, 5.74) is 4.09. The van der Waals surface area contributed by atoms with E-state index in [9.17, 15) is 0 Å². The smallest absolute Gasteiger partial charge is 0.196 e. The van der Waals surface area contributed by atoms with Crippen LogP contribution in [-0.2, 0) is 0 Å². The molecule has 0 amide bonds. The lowest BCUT2D eigenvalue weighted by Crippen LogP contribution is -2.27. The van der Waals surface area contributed by atoms with Crippen molar-refractivity contribution in [3.05, 3.63) is 47.7 Å². The zero-order valence-electron chi connectivity index (χ0n) is 19.9. The average Bonchev–Trinajstić information content (AvgIpc) is 3.22. The van der Waals surface area contributed by atoms with Crippen LogP contribution in [0.15, 0.2) is 30.5 Å². The van der Waals surface area contributed by atoms with Crippen molar-refractivity contribution in [3.8, 4) is 17.0 Å². The molecule has 0 unspecified atom stereocenters. The first kappa shape index (κ1) is 22.6. The molecule has 4 aromatic rings. The maximum Gasteiger partial charge on any atom is 0.196 e. The van der Waals surface area contributed by atoms with Crippen molar-refractivity contribution in [3.63, 3.8) is 0 Å². The van der Waals surface area contributed by atoms with Crippen molar-refractivity contribution >= 4 is 16.6 Å². The Hall–Kier alpha value is -3.17. The second-order valence-electron chi connectivity index (χ2n) is 9.23. The number of rotatable bonds is 7. The third-order valence-electron chi connectivity index (χ3n) is 6.25. The van der Waals surface area contributed by atoms with Crippen molar-refractivity contribution in [2.45, 2.75) is 32.1 Å². The Morgan fingerprint density at radius 1 is 1.15 bits per heavy atom. The lowest BCUT2D eigenvalue weighted by Gasteiger charge is -2.21. The summed E-state index contributed by atoms with van der Waals surface area (Å²) in [5, 5.41) is 17.3. The topological polar surface area (TPSA) is 80.5 Å². The molecule has 0 bridgehead atoms. The van der Waals surface area contributed by atoms with E-state index in [0.29, 0.717) is 46.1 Å². The van der Waals surface area contributed by atoms with E-state index >= 15 is 4.39 Å². The molecule has 0 atom stereocenters. The third-order valence-corrected chi connectivity index (χ3v) is 6.25. The minimum absolute atomic E-state index is 0.318. The Balaban J connectivity index is 1.49. The highest BCUT2D eigenvalue weighted by Crippen LogP contribution is 2.31. The van der Waals surface area contributed by atoms with Crippen LogP contribution in [0, 0.1) is 12.7 Å². The number of aromatic nitrogens is 5. The van der Waals surface area contributed by atoms with Crippen LogP contribution < -0.4 is 10.1 Å². The Morgan fingerprint density at radius 2 is 1.97 bits per heavy atom. The SMILES string of the molecule is Cc1cn2nc(-c3cc(F)c4cc(C5CCNCC5)nnc4c3)cc(OCCCN(C)C)c2n1. The lowest BCUT2D eigenvalue weighted by molar-refractivity contribution is 0.282. The number of ether oxygens (including phenoxy) is 1. The van der Waals surface area contributed by atoms with E-state index in [1.165, 1.54) is 6.07 Å². The summed E-state index contributed by atoms with van der Waals surface area (Å²) in [5.74, 6) is 0.623. The summed E-state index contributed by atoms with van der Waals surface area (Å²) in [6.07, 6.45) is 4.71. The summed E-state index contributed by atoms with van der Waals surface area (Å²) in [6.45, 7) is 5.30. The molecule has 3 aromatic heterocycles. The molecule has 0 aliphatic carbocycles. The van der Waals surface area contributed by atoms with E-state index in [1.54, 1.807) is 4.52 Å². The van der Waals surface area contributed by atoms with Gasteiger partial charge in [0, 0.05) is 29.5 Å². The monoisotopic (exact) mass is 463 g/mol. The van der Waals surface area contributed by atoms with Crippen LogP contribution in [0.3, 0.4) is 0 Å². The Labute approximate surface area is 198 Å². The summed E-state index contributed by atoms with van der Waals surface area (Å²) in [4.78, 5) is 6.66. The van der Waals surface area contributed by atoms with Gasteiger partial charge in [0.05, 0.1) is 35.4 Å². The average molecular weight is 464 g/mol. The van der Waals surface area contributed by atoms with Crippen LogP contribution in [0.2, 0.25) is 0 Å². The van der Waals surface area contributed by atoms with E-state index < -0.39 is 0 Å². The van der Waals surface area contributed by atoms with Gasteiger partial charge in [0.2, 0.25) is 0 Å². The highest BCUT2D eigenvalue weighted by Gasteiger charge is 2.19. The highest BCUT2D eigenvalue weighted by atomic mass is 19.1. The van der Waals surface area contributed by atoms with Crippen LogP contribution in [0.25, 0.3) is 27.8 Å². The number of nitrogens with zero attached hydrogens (tertiary/aromatic N) is 6. The fourth-order valence-electron chi connectivity index (χ4n) is 4.46. The molecule has 4 heterocycles. The van der Waals surface area contributed by atoms with E-state index in [2.05, 4.69) is 30.5 Å². The second kappa shape index (κ2) is 9.60. The molecule has 34 heavy (non-hydrogen) atoms. The quantitative estimate of drug-likeness (QED) is 0.420. The number of imidazole rings is 1. The molecule has 1 N–H and O–H groups in total. The van der Waals surface area contributed by atoms with E-state index in [-0.39, 0.29) is 5.82 Å². The molecule has 1 aromatic carbocycles. The molecule has 8 nitrogen and oxygen atoms in total. The first-order valence-corrected chi connectivity index (χ1v) is 11.8. The highest BCUT2D eigenvalue weighted by molar-refractivity contribution is 5.84. The molecule has 1 aliphatic heterocycles. The van der Waals surface area contributed by atoms with Gasteiger partial charge in [0.25, 0.3) is 0 Å². The van der Waals surface area contributed by atoms with E-state index in [0.717, 1.165) is 50.3 Å². The molecule has 1 saturated heterocycles. The standard InChI is InChI=1S/C25H30FN7O/c1-16-15-33-25(28-16)24(34-10-4-9-32(2)3)14-22(31-33)18-11-20(26)19-13-21(29-30-23(19)12-18)17-5-7-27-8-6-17/h11-15,17,27H,4-10H2,1-3H3. The molecular formula is C25H30FN7O. The van der Waals surface area contributed by atoms with Crippen molar-refractivity contribution < 1.29 is 9.13 Å². The molecule has 1 aliphatic rings. The minimum Gasteiger partial charge on any atom is -0.489 e. The summed E-state index contributed by atoms with van der Waals surface area (Å²) < 4.78 is 23.0. The van der Waals surface area contributed by atoms with Crippen LogP contribution in [-0.4, -0.2) is 70.0 Å². The van der Waals surface area contributed by atoms with Gasteiger partial charge in [-0.25, -0.2) is 13.9 Å². The van der Waals surface area contributed by atoms with E-state index in [4.69, 9.17) is 4.74 Å². The van der Waals surface area contributed by atoms with Gasteiger partial charge in [0.15, 0.2) is 11.4 Å². The number of halogens is 1. The van der Waals surface area contributed by atoms with Crippen molar-refractivity contribution in [1.82, 2.24) is 35.0 Å². The predicted octanol–water partition coefficient (Wildman–Crippen LogP) is 3.58. The number of hydrogen-bond acceptors (Lipinski definition) is 7. The summed E-state index contributed by atoms with van der Waals surface area (Å²) in [7, 11) is 4.07. The number of aryl methyl sites for hydroxylation is 1. The number of piperidine rings is 1. The fraction of sp³-hybridized carbons (Fsp3) is 0.440. The molecule has 178 valence electrons. The zero-order valence-corrected chi connectivity index (χ0v) is 19.9.